The van der Waals surface area contributed by atoms with Crippen LogP contribution >= 0.6 is 11.6 Å². The molecule has 3 rings (SSSR count). The second-order valence-corrected chi connectivity index (χ2v) is 5.21. The van der Waals surface area contributed by atoms with Crippen LogP contribution in [0.5, 0.6) is 5.75 Å². The summed E-state index contributed by atoms with van der Waals surface area (Å²) in [6.45, 7) is 3.44. The maximum atomic E-state index is 6.09. The number of halogens is 1. The molecule has 0 saturated heterocycles. The fourth-order valence-electron chi connectivity index (χ4n) is 2.45. The van der Waals surface area contributed by atoms with Crippen LogP contribution < -0.4 is 4.74 Å². The van der Waals surface area contributed by atoms with Gasteiger partial charge in [-0.25, -0.2) is 4.98 Å². The van der Waals surface area contributed by atoms with Crippen molar-refractivity contribution in [3.05, 3.63) is 59.4 Å². The zero-order chi connectivity index (χ0) is 14.7. The van der Waals surface area contributed by atoms with Crippen molar-refractivity contribution < 1.29 is 4.74 Å². The van der Waals surface area contributed by atoms with Gasteiger partial charge in [-0.1, -0.05) is 42.8 Å². The Morgan fingerprint density at radius 3 is 2.67 bits per heavy atom. The fourth-order valence-corrected chi connectivity index (χ4v) is 2.64. The van der Waals surface area contributed by atoms with Crippen molar-refractivity contribution in [2.45, 2.75) is 19.9 Å². The van der Waals surface area contributed by atoms with Gasteiger partial charge in [-0.2, -0.15) is 0 Å². The standard InChI is InChI=1S/C17H17ClN2O/c1-2-17-19-14-8-4-5-9-15(14)20(17)11-12-21-16-10-6-3-7-13(16)18/h3-10H,2,11-12H2,1H3. The smallest absolute Gasteiger partial charge is 0.137 e. The zero-order valence-corrected chi connectivity index (χ0v) is 12.7. The second-order valence-electron chi connectivity index (χ2n) is 4.80. The van der Waals surface area contributed by atoms with Crippen molar-refractivity contribution in [2.75, 3.05) is 6.61 Å². The minimum atomic E-state index is 0.567. The first kappa shape index (κ1) is 14.0. The van der Waals surface area contributed by atoms with E-state index in [2.05, 4.69) is 22.5 Å². The molecular weight excluding hydrogens is 284 g/mol. The molecule has 0 saturated carbocycles. The largest absolute Gasteiger partial charge is 0.490 e. The van der Waals surface area contributed by atoms with Gasteiger partial charge in [0.2, 0.25) is 0 Å². The number of para-hydroxylation sites is 3. The number of ether oxygens (including phenoxy) is 1. The maximum absolute atomic E-state index is 6.09. The first-order chi connectivity index (χ1) is 10.3. The minimum absolute atomic E-state index is 0.567. The molecule has 0 amide bonds. The number of benzene rings is 2. The third-order valence-corrected chi connectivity index (χ3v) is 3.77. The normalized spacial score (nSPS) is 11.0. The van der Waals surface area contributed by atoms with Crippen LogP contribution in [-0.4, -0.2) is 16.2 Å². The Morgan fingerprint density at radius 1 is 1.10 bits per heavy atom. The second kappa shape index (κ2) is 6.19. The van der Waals surface area contributed by atoms with Crippen LogP contribution in [0.15, 0.2) is 48.5 Å². The van der Waals surface area contributed by atoms with E-state index in [0.717, 1.165) is 35.6 Å². The average molecular weight is 301 g/mol. The van der Waals surface area contributed by atoms with Crippen LogP contribution in [0.4, 0.5) is 0 Å². The van der Waals surface area contributed by atoms with Crippen LogP contribution in [0, 0.1) is 0 Å². The van der Waals surface area contributed by atoms with Crippen molar-refractivity contribution in [1.82, 2.24) is 9.55 Å². The van der Waals surface area contributed by atoms with E-state index in [0.29, 0.717) is 11.6 Å². The summed E-state index contributed by atoms with van der Waals surface area (Å²) in [4.78, 5) is 4.66. The molecule has 1 aromatic heterocycles. The third-order valence-electron chi connectivity index (χ3n) is 3.46. The number of rotatable bonds is 5. The van der Waals surface area contributed by atoms with Gasteiger partial charge in [-0.3, -0.25) is 0 Å². The van der Waals surface area contributed by atoms with Gasteiger partial charge in [-0.05, 0) is 24.3 Å². The lowest BCUT2D eigenvalue weighted by molar-refractivity contribution is 0.298. The number of nitrogens with zero attached hydrogens (tertiary/aromatic N) is 2. The van der Waals surface area contributed by atoms with Crippen molar-refractivity contribution in [1.29, 1.82) is 0 Å². The summed E-state index contributed by atoms with van der Waals surface area (Å²) in [7, 11) is 0. The van der Waals surface area contributed by atoms with E-state index in [1.807, 2.05) is 42.5 Å². The van der Waals surface area contributed by atoms with Crippen molar-refractivity contribution >= 4 is 22.6 Å². The molecule has 4 heteroatoms. The van der Waals surface area contributed by atoms with E-state index in [1.54, 1.807) is 0 Å². The Kier molecular flexibility index (Phi) is 4.11. The van der Waals surface area contributed by atoms with Gasteiger partial charge in [-0.15, -0.1) is 0 Å². The highest BCUT2D eigenvalue weighted by molar-refractivity contribution is 6.32. The van der Waals surface area contributed by atoms with Gasteiger partial charge >= 0.3 is 0 Å². The number of aryl methyl sites for hydroxylation is 1. The molecule has 0 radical (unpaired) electrons. The Bertz CT molecular complexity index is 751. The summed E-state index contributed by atoms with van der Waals surface area (Å²) in [6, 6.07) is 15.7. The summed E-state index contributed by atoms with van der Waals surface area (Å²) < 4.78 is 7.99. The van der Waals surface area contributed by atoms with E-state index < -0.39 is 0 Å². The average Bonchev–Trinajstić information content (AvgIpc) is 2.87. The van der Waals surface area contributed by atoms with Crippen LogP contribution in [0.25, 0.3) is 11.0 Å². The van der Waals surface area contributed by atoms with E-state index >= 15 is 0 Å². The van der Waals surface area contributed by atoms with Crippen LogP contribution in [0.3, 0.4) is 0 Å². The van der Waals surface area contributed by atoms with E-state index in [4.69, 9.17) is 16.3 Å². The third kappa shape index (κ3) is 2.88. The molecule has 3 nitrogen and oxygen atoms in total. The van der Waals surface area contributed by atoms with E-state index in [9.17, 15) is 0 Å². The van der Waals surface area contributed by atoms with Gasteiger partial charge in [0, 0.05) is 6.42 Å². The number of fused-ring (bicyclic) bond motifs is 1. The highest BCUT2D eigenvalue weighted by Crippen LogP contribution is 2.23. The molecule has 0 atom stereocenters. The van der Waals surface area contributed by atoms with E-state index in [-0.39, 0.29) is 0 Å². The molecule has 0 aliphatic heterocycles. The molecule has 0 unspecified atom stereocenters. The topological polar surface area (TPSA) is 27.1 Å². The predicted molar refractivity (Wildman–Crippen MR) is 86.1 cm³/mol. The highest BCUT2D eigenvalue weighted by Gasteiger charge is 2.09. The Hall–Kier alpha value is -2.00. The summed E-state index contributed by atoms with van der Waals surface area (Å²) in [5.74, 6) is 1.81. The Balaban J connectivity index is 1.77. The lowest BCUT2D eigenvalue weighted by Gasteiger charge is -2.11. The molecule has 0 N–H and O–H groups in total. The Morgan fingerprint density at radius 2 is 1.86 bits per heavy atom. The molecule has 108 valence electrons. The molecule has 0 bridgehead atoms. The maximum Gasteiger partial charge on any atom is 0.137 e. The highest BCUT2D eigenvalue weighted by atomic mass is 35.5. The van der Waals surface area contributed by atoms with Gasteiger partial charge in [0.1, 0.15) is 18.2 Å². The number of aromatic nitrogens is 2. The SMILES string of the molecule is CCc1nc2ccccc2n1CCOc1ccccc1Cl. The summed E-state index contributed by atoms with van der Waals surface area (Å²) in [5.41, 5.74) is 2.18. The van der Waals surface area contributed by atoms with Crippen LogP contribution in [0.2, 0.25) is 5.02 Å². The predicted octanol–water partition coefficient (Wildman–Crippen LogP) is 4.33. The monoisotopic (exact) mass is 300 g/mol. The molecular formula is C17H17ClN2O. The minimum Gasteiger partial charge on any atom is -0.490 e. The molecule has 3 aromatic rings. The summed E-state index contributed by atoms with van der Waals surface area (Å²) in [6.07, 6.45) is 0.904. The first-order valence-electron chi connectivity index (χ1n) is 7.11. The van der Waals surface area contributed by atoms with Gasteiger partial charge in [0.05, 0.1) is 22.6 Å². The molecule has 0 spiro atoms. The zero-order valence-electron chi connectivity index (χ0n) is 11.9. The van der Waals surface area contributed by atoms with E-state index in [1.165, 1.54) is 0 Å². The quantitative estimate of drug-likeness (QED) is 0.701. The molecule has 0 aliphatic carbocycles. The molecule has 21 heavy (non-hydrogen) atoms. The number of imidazole rings is 1. The summed E-state index contributed by atoms with van der Waals surface area (Å²) >= 11 is 6.09. The lowest BCUT2D eigenvalue weighted by Crippen LogP contribution is -2.11. The van der Waals surface area contributed by atoms with Gasteiger partial charge < -0.3 is 9.30 Å². The first-order valence-corrected chi connectivity index (χ1v) is 7.49. The Labute approximate surface area is 129 Å². The lowest BCUT2D eigenvalue weighted by atomic mass is 10.3. The van der Waals surface area contributed by atoms with Crippen molar-refractivity contribution in [2.24, 2.45) is 0 Å². The van der Waals surface area contributed by atoms with Crippen LogP contribution in [0.1, 0.15) is 12.7 Å². The van der Waals surface area contributed by atoms with Gasteiger partial charge in [0.25, 0.3) is 0 Å². The molecule has 1 heterocycles. The fraction of sp³-hybridized carbons (Fsp3) is 0.235. The van der Waals surface area contributed by atoms with Crippen LogP contribution in [-0.2, 0) is 13.0 Å². The van der Waals surface area contributed by atoms with Gasteiger partial charge in [0.15, 0.2) is 0 Å². The molecule has 2 aromatic carbocycles. The number of hydrogen-bond acceptors (Lipinski definition) is 2. The number of hydrogen-bond donors (Lipinski definition) is 0. The molecule has 0 aliphatic rings. The molecule has 0 fully saturated rings. The van der Waals surface area contributed by atoms with Crippen molar-refractivity contribution in [3.8, 4) is 5.75 Å². The van der Waals surface area contributed by atoms with Crippen molar-refractivity contribution in [3.63, 3.8) is 0 Å². The summed E-state index contributed by atoms with van der Waals surface area (Å²) in [5, 5.41) is 0.642.